The monoisotopic (exact) mass is 773 g/mol. The highest BCUT2D eigenvalue weighted by atomic mass is 28.4. The van der Waals surface area contributed by atoms with Crippen LogP contribution < -0.4 is 20.5 Å². The number of carbonyl (C=O) groups excluding carboxylic acids is 1. The van der Waals surface area contributed by atoms with Crippen molar-refractivity contribution in [2.24, 2.45) is 0 Å². The predicted octanol–water partition coefficient (Wildman–Crippen LogP) is 7.02. The van der Waals surface area contributed by atoms with Crippen LogP contribution in [0.1, 0.15) is 71.4 Å². The number of carbonyl (C=O) groups is 1. The number of benzene rings is 3. The molecule has 2 heterocycles. The molecule has 0 bridgehead atoms. The SMILES string of the molecule is COc1ccc(C(OC[C@H]2O[C@@H](n3ccc(NC(C)=O)nc3=O)[C@H](OCO[Si](C(C)C)(C(C)C)C(C)C)[C@@H]2O)(c2ccccc2)c2ccc(OC)cc2)cc1. The van der Waals surface area contributed by atoms with Crippen molar-refractivity contribution >= 4 is 20.0 Å². The van der Waals surface area contributed by atoms with E-state index in [1.807, 2.05) is 78.9 Å². The molecule has 1 saturated heterocycles. The molecular formula is C42H55N3O9Si. The molecule has 1 aromatic heterocycles. The first-order chi connectivity index (χ1) is 26.3. The lowest BCUT2D eigenvalue weighted by molar-refractivity contribution is -0.117. The lowest BCUT2D eigenvalue weighted by Gasteiger charge is -2.42. The van der Waals surface area contributed by atoms with Gasteiger partial charge in [0.05, 0.1) is 20.8 Å². The van der Waals surface area contributed by atoms with Crippen LogP contribution in [0.15, 0.2) is 95.9 Å². The van der Waals surface area contributed by atoms with Crippen LogP contribution in [0.3, 0.4) is 0 Å². The van der Waals surface area contributed by atoms with Crippen LogP contribution >= 0.6 is 0 Å². The van der Waals surface area contributed by atoms with E-state index in [1.54, 1.807) is 14.2 Å². The Hall–Kier alpha value is -4.37. The van der Waals surface area contributed by atoms with Crippen molar-refractivity contribution in [3.05, 3.63) is 118 Å². The fourth-order valence-corrected chi connectivity index (χ4v) is 13.4. The summed E-state index contributed by atoms with van der Waals surface area (Å²) in [6.07, 6.45) is -2.87. The molecule has 0 spiro atoms. The number of hydrogen-bond donors (Lipinski definition) is 2. The Kier molecular flexibility index (Phi) is 13.7. The second-order valence-electron chi connectivity index (χ2n) is 14.8. The number of aromatic nitrogens is 2. The van der Waals surface area contributed by atoms with Gasteiger partial charge < -0.3 is 38.5 Å². The molecule has 0 aliphatic carbocycles. The van der Waals surface area contributed by atoms with Gasteiger partial charge >= 0.3 is 5.69 Å². The summed E-state index contributed by atoms with van der Waals surface area (Å²) in [7, 11) is 0.877. The van der Waals surface area contributed by atoms with Crippen molar-refractivity contribution in [3.63, 3.8) is 0 Å². The maximum atomic E-state index is 13.5. The maximum absolute atomic E-state index is 13.5. The molecule has 4 atom stereocenters. The molecule has 296 valence electrons. The number of anilines is 1. The predicted molar refractivity (Wildman–Crippen MR) is 213 cm³/mol. The van der Waals surface area contributed by atoms with Crippen molar-refractivity contribution in [1.82, 2.24) is 9.55 Å². The standard InChI is InChI=1S/C42H55N3O9Si/c1-27(2)55(28(3)4,29(5)6)53-26-51-39-38(47)36(54-40(39)45-24-23-37(43-30(7)46)44-41(45)48)25-52-42(31-13-11-10-12-14-31,32-15-19-34(49-8)20-16-32)33-17-21-35(50-9)22-18-33/h10-24,27-29,36,38-40,47H,25-26H2,1-9H3,(H,43,44,46,48)/t36-,38-,39-,40-/m1/s1. The van der Waals surface area contributed by atoms with Gasteiger partial charge in [0.15, 0.2) is 6.23 Å². The molecule has 55 heavy (non-hydrogen) atoms. The first-order valence-corrected chi connectivity index (χ1v) is 20.9. The molecule has 0 saturated carbocycles. The summed E-state index contributed by atoms with van der Waals surface area (Å²) in [5.41, 5.74) is 1.47. The van der Waals surface area contributed by atoms with E-state index in [2.05, 4.69) is 51.8 Å². The second kappa shape index (κ2) is 18.1. The molecule has 2 N–H and O–H groups in total. The molecule has 5 rings (SSSR count). The fourth-order valence-electron chi connectivity index (χ4n) is 8.11. The van der Waals surface area contributed by atoms with Gasteiger partial charge in [-0.2, -0.15) is 4.98 Å². The fraction of sp³-hybridized carbons (Fsp3) is 0.452. The van der Waals surface area contributed by atoms with Crippen LogP contribution in [0, 0.1) is 0 Å². The minimum atomic E-state index is -2.35. The first kappa shape index (κ1) is 41.8. The van der Waals surface area contributed by atoms with E-state index in [4.69, 9.17) is 28.1 Å². The minimum Gasteiger partial charge on any atom is -0.497 e. The van der Waals surface area contributed by atoms with Gasteiger partial charge in [-0.05, 0) is 63.6 Å². The molecule has 1 aliphatic rings. The maximum Gasteiger partial charge on any atom is 0.351 e. The summed E-state index contributed by atoms with van der Waals surface area (Å²) < 4.78 is 38.9. The largest absolute Gasteiger partial charge is 0.497 e. The molecule has 1 amide bonds. The summed E-state index contributed by atoms with van der Waals surface area (Å²) in [5, 5.41) is 14.6. The Morgan fingerprint density at radius 2 is 1.38 bits per heavy atom. The number of aliphatic hydroxyl groups is 1. The van der Waals surface area contributed by atoms with E-state index in [-0.39, 0.29) is 25.1 Å². The molecule has 0 unspecified atom stereocenters. The highest BCUT2D eigenvalue weighted by Gasteiger charge is 2.50. The quantitative estimate of drug-likeness (QED) is 0.0654. The van der Waals surface area contributed by atoms with Crippen molar-refractivity contribution in [2.45, 2.75) is 95.2 Å². The molecule has 1 fully saturated rings. The lowest BCUT2D eigenvalue weighted by Crippen LogP contribution is -2.49. The topological polar surface area (TPSA) is 140 Å². The zero-order valence-corrected chi connectivity index (χ0v) is 34.2. The van der Waals surface area contributed by atoms with Gasteiger partial charge in [-0.25, -0.2) is 4.79 Å². The van der Waals surface area contributed by atoms with Crippen molar-refractivity contribution in [1.29, 1.82) is 0 Å². The van der Waals surface area contributed by atoms with Crippen molar-refractivity contribution in [2.75, 3.05) is 32.9 Å². The van der Waals surface area contributed by atoms with Crippen LogP contribution in [-0.4, -0.2) is 74.8 Å². The van der Waals surface area contributed by atoms with Crippen LogP contribution in [-0.2, 0) is 29.0 Å². The number of rotatable bonds is 17. The minimum absolute atomic E-state index is 0.0983. The average Bonchev–Trinajstić information content (AvgIpc) is 3.47. The van der Waals surface area contributed by atoms with E-state index >= 15 is 0 Å². The molecule has 13 heteroatoms. The molecular weight excluding hydrogens is 719 g/mol. The van der Waals surface area contributed by atoms with Gasteiger partial charge in [-0.1, -0.05) is 96.1 Å². The average molecular weight is 774 g/mol. The van der Waals surface area contributed by atoms with Crippen LogP contribution in [0.4, 0.5) is 5.82 Å². The molecule has 1 aliphatic heterocycles. The summed E-state index contributed by atoms with van der Waals surface area (Å²) in [6, 6.07) is 26.6. The highest BCUT2D eigenvalue weighted by Crippen LogP contribution is 2.44. The number of nitrogens with one attached hydrogen (secondary N) is 1. The number of amides is 1. The van der Waals surface area contributed by atoms with E-state index < -0.39 is 44.1 Å². The number of hydrogen-bond acceptors (Lipinski definition) is 10. The number of methoxy groups -OCH3 is 2. The van der Waals surface area contributed by atoms with Gasteiger partial charge in [0.25, 0.3) is 0 Å². The van der Waals surface area contributed by atoms with E-state index in [1.165, 1.54) is 23.8 Å². The van der Waals surface area contributed by atoms with Gasteiger partial charge in [0, 0.05) is 13.1 Å². The van der Waals surface area contributed by atoms with Gasteiger partial charge in [-0.15, -0.1) is 0 Å². The van der Waals surface area contributed by atoms with Gasteiger partial charge in [0.1, 0.15) is 48.0 Å². The van der Waals surface area contributed by atoms with E-state index in [0.717, 1.165) is 16.7 Å². The summed E-state index contributed by atoms with van der Waals surface area (Å²) in [4.78, 5) is 29.2. The smallest absolute Gasteiger partial charge is 0.351 e. The Labute approximate surface area is 324 Å². The number of aliphatic hydroxyl groups excluding tert-OH is 1. The summed E-state index contributed by atoms with van der Waals surface area (Å²) in [6.45, 7) is 14.2. The summed E-state index contributed by atoms with van der Waals surface area (Å²) >= 11 is 0. The first-order valence-electron chi connectivity index (χ1n) is 18.7. The molecule has 4 aromatic rings. The van der Waals surface area contributed by atoms with Crippen LogP contribution in [0.25, 0.3) is 0 Å². The van der Waals surface area contributed by atoms with Crippen LogP contribution in [0.2, 0.25) is 16.6 Å². The van der Waals surface area contributed by atoms with Crippen molar-refractivity contribution < 1.29 is 38.0 Å². The lowest BCUT2D eigenvalue weighted by atomic mass is 9.80. The molecule has 0 radical (unpaired) electrons. The Morgan fingerprint density at radius 1 is 0.855 bits per heavy atom. The Morgan fingerprint density at radius 3 is 1.85 bits per heavy atom. The second-order valence-corrected chi connectivity index (χ2v) is 20.2. The van der Waals surface area contributed by atoms with E-state index in [0.29, 0.717) is 28.1 Å². The number of ether oxygens (including phenoxy) is 5. The number of nitrogens with zero attached hydrogens (tertiary/aromatic N) is 2. The summed E-state index contributed by atoms with van der Waals surface area (Å²) in [5.74, 6) is 1.10. The third kappa shape index (κ3) is 8.72. The van der Waals surface area contributed by atoms with Gasteiger partial charge in [0.2, 0.25) is 14.2 Å². The molecule has 12 nitrogen and oxygen atoms in total. The zero-order chi connectivity index (χ0) is 39.9. The third-order valence-corrected chi connectivity index (χ3v) is 16.7. The van der Waals surface area contributed by atoms with Crippen molar-refractivity contribution in [3.8, 4) is 11.5 Å². The molecule has 3 aromatic carbocycles. The third-order valence-electron chi connectivity index (χ3n) is 10.6. The van der Waals surface area contributed by atoms with Crippen LogP contribution in [0.5, 0.6) is 11.5 Å². The zero-order valence-electron chi connectivity index (χ0n) is 33.2. The Balaban J connectivity index is 1.54. The Bertz CT molecular complexity index is 1830. The van der Waals surface area contributed by atoms with Gasteiger partial charge in [-0.3, -0.25) is 9.36 Å². The van der Waals surface area contributed by atoms with E-state index in [9.17, 15) is 14.7 Å². The highest BCUT2D eigenvalue weighted by molar-refractivity contribution is 6.77. The normalized spacial score (nSPS) is 18.9.